The van der Waals surface area contributed by atoms with Crippen molar-refractivity contribution in [2.75, 3.05) is 26.7 Å². The lowest BCUT2D eigenvalue weighted by atomic mass is 9.98. The number of nitrogens with zero attached hydrogens (tertiary/aromatic N) is 3. The van der Waals surface area contributed by atoms with E-state index in [0.717, 1.165) is 12.1 Å². The molecule has 0 unspecified atom stereocenters. The van der Waals surface area contributed by atoms with Crippen LogP contribution in [0, 0.1) is 0 Å². The Bertz CT molecular complexity index is 615. The molecule has 1 aliphatic heterocycles. The van der Waals surface area contributed by atoms with Gasteiger partial charge in [-0.15, -0.1) is 0 Å². The monoisotopic (exact) mass is 314 g/mol. The van der Waals surface area contributed by atoms with Gasteiger partial charge >= 0.3 is 0 Å². The van der Waals surface area contributed by atoms with Crippen LogP contribution in [0.1, 0.15) is 11.6 Å². The van der Waals surface area contributed by atoms with Gasteiger partial charge in [-0.05, 0) is 12.6 Å². The summed E-state index contributed by atoms with van der Waals surface area (Å²) in [6.07, 6.45) is 4.86. The Balaban J connectivity index is 1.64. The highest BCUT2D eigenvalue weighted by atomic mass is 16.5. The second-order valence-electron chi connectivity index (χ2n) is 5.72. The number of benzene rings is 1. The number of amides is 1. The zero-order valence-corrected chi connectivity index (χ0v) is 13.3. The lowest BCUT2D eigenvalue weighted by molar-refractivity contribution is -0.144. The van der Waals surface area contributed by atoms with Gasteiger partial charge in [0.1, 0.15) is 0 Å². The fourth-order valence-electron chi connectivity index (χ4n) is 2.91. The van der Waals surface area contributed by atoms with Crippen LogP contribution >= 0.6 is 0 Å². The van der Waals surface area contributed by atoms with E-state index >= 15 is 0 Å². The molecule has 0 radical (unpaired) electrons. The van der Waals surface area contributed by atoms with Gasteiger partial charge in [0.2, 0.25) is 0 Å². The van der Waals surface area contributed by atoms with Gasteiger partial charge in [0.15, 0.2) is 6.10 Å². The van der Waals surface area contributed by atoms with Crippen molar-refractivity contribution in [3.05, 3.63) is 54.6 Å². The molecule has 1 aliphatic rings. The largest absolute Gasteiger partial charge is 0.365 e. The average Bonchev–Trinajstić information content (AvgIpc) is 3.08. The molecule has 2 aromatic rings. The van der Waals surface area contributed by atoms with E-state index < -0.39 is 6.10 Å². The van der Waals surface area contributed by atoms with Crippen molar-refractivity contribution < 1.29 is 9.53 Å². The third-order valence-corrected chi connectivity index (χ3v) is 4.13. The molecule has 0 bridgehead atoms. The molecule has 1 N–H and O–H groups in total. The van der Waals surface area contributed by atoms with Gasteiger partial charge in [-0.2, -0.15) is 0 Å². The van der Waals surface area contributed by atoms with Crippen LogP contribution in [0.2, 0.25) is 0 Å². The Morgan fingerprint density at radius 2 is 2.22 bits per heavy atom. The molecule has 2 heterocycles. The normalized spacial score (nSPS) is 22.0. The molecule has 23 heavy (non-hydrogen) atoms. The Hall–Kier alpha value is -2.18. The SMILES string of the molecule is CN1CCO[C@@H](C(=O)NCCn2ccnc2)[C@@H]1c1ccccc1. The topological polar surface area (TPSA) is 59.4 Å². The maximum absolute atomic E-state index is 12.6. The first kappa shape index (κ1) is 15.7. The minimum absolute atomic E-state index is 0.0572. The smallest absolute Gasteiger partial charge is 0.251 e. The van der Waals surface area contributed by atoms with E-state index in [0.29, 0.717) is 19.7 Å². The van der Waals surface area contributed by atoms with E-state index in [-0.39, 0.29) is 11.9 Å². The van der Waals surface area contributed by atoms with Crippen molar-refractivity contribution in [1.82, 2.24) is 19.8 Å². The number of morpholine rings is 1. The summed E-state index contributed by atoms with van der Waals surface area (Å²) in [4.78, 5) is 18.7. The lowest BCUT2D eigenvalue weighted by Crippen LogP contribution is -2.51. The predicted molar refractivity (Wildman–Crippen MR) is 86.8 cm³/mol. The number of aromatic nitrogens is 2. The molecule has 1 aromatic carbocycles. The van der Waals surface area contributed by atoms with Crippen molar-refractivity contribution in [3.63, 3.8) is 0 Å². The fourth-order valence-corrected chi connectivity index (χ4v) is 2.91. The minimum Gasteiger partial charge on any atom is -0.365 e. The van der Waals surface area contributed by atoms with Crippen molar-refractivity contribution in [1.29, 1.82) is 0 Å². The molecule has 0 saturated carbocycles. The highest BCUT2D eigenvalue weighted by Crippen LogP contribution is 2.28. The van der Waals surface area contributed by atoms with Gasteiger partial charge in [0.05, 0.1) is 19.0 Å². The van der Waals surface area contributed by atoms with E-state index in [2.05, 4.69) is 15.2 Å². The summed E-state index contributed by atoms with van der Waals surface area (Å²) in [5, 5.41) is 2.97. The van der Waals surface area contributed by atoms with Crippen molar-refractivity contribution in [3.8, 4) is 0 Å². The molecule has 6 nitrogen and oxygen atoms in total. The van der Waals surface area contributed by atoms with E-state index in [1.807, 2.05) is 48.1 Å². The first-order valence-corrected chi connectivity index (χ1v) is 7.86. The van der Waals surface area contributed by atoms with E-state index in [4.69, 9.17) is 4.74 Å². The van der Waals surface area contributed by atoms with Gasteiger partial charge in [0.25, 0.3) is 5.91 Å². The van der Waals surface area contributed by atoms with Gasteiger partial charge < -0.3 is 14.6 Å². The number of imidazole rings is 1. The van der Waals surface area contributed by atoms with Crippen LogP contribution in [-0.4, -0.2) is 53.2 Å². The number of nitrogens with one attached hydrogen (secondary N) is 1. The van der Waals surface area contributed by atoms with Crippen LogP contribution < -0.4 is 5.32 Å². The molecular weight excluding hydrogens is 292 g/mol. The number of carbonyl (C=O) groups is 1. The maximum atomic E-state index is 12.6. The summed E-state index contributed by atoms with van der Waals surface area (Å²) in [6, 6.07) is 9.99. The van der Waals surface area contributed by atoms with Crippen molar-refractivity contribution in [2.45, 2.75) is 18.7 Å². The fraction of sp³-hybridized carbons (Fsp3) is 0.412. The Kier molecular flexibility index (Phi) is 5.05. The molecule has 1 fully saturated rings. The second kappa shape index (κ2) is 7.39. The summed E-state index contributed by atoms with van der Waals surface area (Å²) in [5.74, 6) is -0.0643. The Morgan fingerprint density at radius 3 is 2.96 bits per heavy atom. The molecule has 1 aromatic heterocycles. The molecule has 0 spiro atoms. The van der Waals surface area contributed by atoms with Gasteiger partial charge in [-0.1, -0.05) is 30.3 Å². The number of rotatable bonds is 5. The molecule has 0 aliphatic carbocycles. The third-order valence-electron chi connectivity index (χ3n) is 4.13. The third kappa shape index (κ3) is 3.78. The first-order valence-electron chi connectivity index (χ1n) is 7.86. The van der Waals surface area contributed by atoms with Gasteiger partial charge in [-0.25, -0.2) is 4.98 Å². The van der Waals surface area contributed by atoms with Crippen LogP contribution in [0.3, 0.4) is 0 Å². The second-order valence-corrected chi connectivity index (χ2v) is 5.72. The van der Waals surface area contributed by atoms with E-state index in [1.54, 1.807) is 12.5 Å². The number of hydrogen-bond donors (Lipinski definition) is 1. The van der Waals surface area contributed by atoms with Crippen molar-refractivity contribution >= 4 is 5.91 Å². The number of ether oxygens (including phenoxy) is 1. The highest BCUT2D eigenvalue weighted by molar-refractivity contribution is 5.82. The summed E-state index contributed by atoms with van der Waals surface area (Å²) in [5.41, 5.74) is 1.10. The summed E-state index contributed by atoms with van der Waals surface area (Å²) in [7, 11) is 2.03. The Labute approximate surface area is 136 Å². The summed E-state index contributed by atoms with van der Waals surface area (Å²) in [6.45, 7) is 2.64. The molecular formula is C17H22N4O2. The zero-order chi connectivity index (χ0) is 16.1. The zero-order valence-electron chi connectivity index (χ0n) is 13.3. The van der Waals surface area contributed by atoms with Crippen LogP contribution in [0.4, 0.5) is 0 Å². The number of likely N-dealkylation sites (N-methyl/N-ethyl adjacent to an activating group) is 1. The van der Waals surface area contributed by atoms with Crippen molar-refractivity contribution in [2.24, 2.45) is 0 Å². The van der Waals surface area contributed by atoms with Gasteiger partial charge in [-0.3, -0.25) is 9.69 Å². The van der Waals surface area contributed by atoms with E-state index in [9.17, 15) is 4.79 Å². The summed E-state index contributed by atoms with van der Waals surface area (Å²) >= 11 is 0. The lowest BCUT2D eigenvalue weighted by Gasteiger charge is -2.38. The molecule has 6 heteroatoms. The summed E-state index contributed by atoms with van der Waals surface area (Å²) < 4.78 is 7.73. The Morgan fingerprint density at radius 1 is 1.39 bits per heavy atom. The predicted octanol–water partition coefficient (Wildman–Crippen LogP) is 1.07. The standard InChI is InChI=1S/C17H22N4O2/c1-20-11-12-23-16(15(20)14-5-3-2-4-6-14)17(22)19-8-10-21-9-7-18-13-21/h2-7,9,13,15-16H,8,10-12H2,1H3,(H,19,22)/t15-,16+/m0/s1. The first-order chi connectivity index (χ1) is 11.3. The molecule has 122 valence electrons. The van der Waals surface area contributed by atoms with Crippen LogP contribution in [-0.2, 0) is 16.1 Å². The van der Waals surface area contributed by atoms with Gasteiger partial charge in [0, 0.05) is 32.0 Å². The quantitative estimate of drug-likeness (QED) is 0.897. The molecule has 3 rings (SSSR count). The van der Waals surface area contributed by atoms with Crippen LogP contribution in [0.25, 0.3) is 0 Å². The van der Waals surface area contributed by atoms with Crippen LogP contribution in [0.15, 0.2) is 49.1 Å². The maximum Gasteiger partial charge on any atom is 0.251 e. The average molecular weight is 314 g/mol. The number of carbonyl (C=O) groups excluding carboxylic acids is 1. The molecule has 1 amide bonds. The molecule has 2 atom stereocenters. The molecule has 1 saturated heterocycles. The highest BCUT2D eigenvalue weighted by Gasteiger charge is 2.36. The minimum atomic E-state index is -0.487. The number of hydrogen-bond acceptors (Lipinski definition) is 4. The van der Waals surface area contributed by atoms with E-state index in [1.165, 1.54) is 0 Å². The van der Waals surface area contributed by atoms with Crippen LogP contribution in [0.5, 0.6) is 0 Å².